The minimum Gasteiger partial charge on any atom is -0.493 e. The van der Waals surface area contributed by atoms with Crippen LogP contribution >= 0.6 is 0 Å². The molecule has 0 radical (unpaired) electrons. The SMILES string of the molecule is COc1cc(C(C)O)c(N=O)cc1OCCCC(=O)NCCCN. The molecule has 24 heavy (non-hydrogen) atoms. The summed E-state index contributed by atoms with van der Waals surface area (Å²) in [4.78, 5) is 22.5. The number of nitrogens with two attached hydrogens (primary N) is 1. The molecule has 0 heterocycles. The summed E-state index contributed by atoms with van der Waals surface area (Å²) in [5.74, 6) is 0.685. The molecule has 8 nitrogen and oxygen atoms in total. The zero-order valence-corrected chi connectivity index (χ0v) is 14.1. The standard InChI is InChI=1S/C16H25N3O5/c1-11(20)12-9-14(23-2)15(10-13(12)19-22)24-8-3-5-16(21)18-7-4-6-17/h9-11,20H,3-8,17H2,1-2H3,(H,18,21). The maximum Gasteiger partial charge on any atom is 0.220 e. The number of aliphatic hydroxyl groups is 1. The van der Waals surface area contributed by atoms with Crippen LogP contribution in [0.5, 0.6) is 11.5 Å². The van der Waals surface area contributed by atoms with Gasteiger partial charge >= 0.3 is 0 Å². The quantitative estimate of drug-likeness (QED) is 0.417. The van der Waals surface area contributed by atoms with E-state index >= 15 is 0 Å². The molecule has 1 amide bonds. The van der Waals surface area contributed by atoms with E-state index in [0.717, 1.165) is 6.42 Å². The van der Waals surface area contributed by atoms with Crippen molar-refractivity contribution >= 4 is 11.6 Å². The number of carbonyl (C=O) groups excluding carboxylic acids is 1. The van der Waals surface area contributed by atoms with Crippen LogP contribution in [0.2, 0.25) is 0 Å². The molecular formula is C16H25N3O5. The van der Waals surface area contributed by atoms with Gasteiger partial charge in [0.1, 0.15) is 5.69 Å². The van der Waals surface area contributed by atoms with Crippen LogP contribution in [-0.2, 0) is 4.79 Å². The average molecular weight is 339 g/mol. The van der Waals surface area contributed by atoms with Crippen LogP contribution in [0, 0.1) is 4.91 Å². The second kappa shape index (κ2) is 10.6. The minimum atomic E-state index is -0.849. The lowest BCUT2D eigenvalue weighted by Crippen LogP contribution is -2.26. The number of nitrogens with one attached hydrogen (secondary N) is 1. The number of amides is 1. The van der Waals surface area contributed by atoms with Crippen molar-refractivity contribution in [2.75, 3.05) is 26.8 Å². The van der Waals surface area contributed by atoms with E-state index in [0.29, 0.717) is 43.0 Å². The fourth-order valence-corrected chi connectivity index (χ4v) is 2.08. The van der Waals surface area contributed by atoms with E-state index in [-0.39, 0.29) is 18.2 Å². The number of ether oxygens (including phenoxy) is 2. The van der Waals surface area contributed by atoms with Crippen molar-refractivity contribution in [3.8, 4) is 11.5 Å². The third-order valence-corrected chi connectivity index (χ3v) is 3.37. The van der Waals surface area contributed by atoms with Crippen molar-refractivity contribution in [3.05, 3.63) is 22.6 Å². The van der Waals surface area contributed by atoms with Gasteiger partial charge in [-0.2, -0.15) is 0 Å². The van der Waals surface area contributed by atoms with E-state index in [1.807, 2.05) is 0 Å². The monoisotopic (exact) mass is 339 g/mol. The van der Waals surface area contributed by atoms with Gasteiger partial charge in [-0.3, -0.25) is 4.79 Å². The summed E-state index contributed by atoms with van der Waals surface area (Å²) in [6.45, 7) is 2.93. The third kappa shape index (κ3) is 6.13. The summed E-state index contributed by atoms with van der Waals surface area (Å²) in [5, 5.41) is 15.3. The van der Waals surface area contributed by atoms with Gasteiger partial charge in [-0.05, 0) is 37.6 Å². The Hall–Kier alpha value is -2.19. The van der Waals surface area contributed by atoms with Crippen molar-refractivity contribution < 1.29 is 19.4 Å². The molecular weight excluding hydrogens is 314 g/mol. The molecule has 8 heteroatoms. The first-order chi connectivity index (χ1) is 11.5. The highest BCUT2D eigenvalue weighted by Gasteiger charge is 2.15. The van der Waals surface area contributed by atoms with Crippen LogP contribution < -0.4 is 20.5 Å². The smallest absolute Gasteiger partial charge is 0.220 e. The van der Waals surface area contributed by atoms with Gasteiger partial charge < -0.3 is 25.6 Å². The molecule has 0 aliphatic heterocycles. The number of hydrogen-bond acceptors (Lipinski definition) is 7. The molecule has 1 unspecified atom stereocenters. The highest BCUT2D eigenvalue weighted by Crippen LogP contribution is 2.37. The molecule has 0 fully saturated rings. The lowest BCUT2D eigenvalue weighted by atomic mass is 10.1. The first kappa shape index (κ1) is 19.9. The van der Waals surface area contributed by atoms with E-state index in [1.54, 1.807) is 0 Å². The molecule has 1 aromatic rings. The summed E-state index contributed by atoms with van der Waals surface area (Å²) < 4.78 is 10.8. The summed E-state index contributed by atoms with van der Waals surface area (Å²) in [5.41, 5.74) is 5.82. The highest BCUT2D eigenvalue weighted by atomic mass is 16.5. The largest absolute Gasteiger partial charge is 0.493 e. The van der Waals surface area contributed by atoms with Gasteiger partial charge in [0.15, 0.2) is 11.5 Å². The number of hydrogen-bond donors (Lipinski definition) is 3. The van der Waals surface area contributed by atoms with Gasteiger partial charge in [-0.15, -0.1) is 4.91 Å². The van der Waals surface area contributed by atoms with Crippen molar-refractivity contribution in [2.24, 2.45) is 10.9 Å². The zero-order chi connectivity index (χ0) is 17.9. The molecule has 0 saturated carbocycles. The molecule has 0 aliphatic rings. The molecule has 0 spiro atoms. The van der Waals surface area contributed by atoms with Gasteiger partial charge in [0, 0.05) is 24.6 Å². The lowest BCUT2D eigenvalue weighted by Gasteiger charge is -2.14. The maximum absolute atomic E-state index is 11.6. The lowest BCUT2D eigenvalue weighted by molar-refractivity contribution is -0.121. The Bertz CT molecular complexity index is 549. The molecule has 0 aliphatic carbocycles. The summed E-state index contributed by atoms with van der Waals surface area (Å²) in [6.07, 6.45) is 0.742. The fraction of sp³-hybridized carbons (Fsp3) is 0.562. The first-order valence-electron chi connectivity index (χ1n) is 7.86. The van der Waals surface area contributed by atoms with Crippen molar-refractivity contribution in [2.45, 2.75) is 32.3 Å². The van der Waals surface area contributed by atoms with Gasteiger partial charge in [0.25, 0.3) is 0 Å². The second-order valence-electron chi connectivity index (χ2n) is 5.27. The fourth-order valence-electron chi connectivity index (χ4n) is 2.08. The molecule has 1 rings (SSSR count). The van der Waals surface area contributed by atoms with Gasteiger partial charge in [-0.25, -0.2) is 0 Å². The van der Waals surface area contributed by atoms with E-state index in [9.17, 15) is 14.8 Å². The van der Waals surface area contributed by atoms with Crippen molar-refractivity contribution in [3.63, 3.8) is 0 Å². The summed E-state index contributed by atoms with van der Waals surface area (Å²) >= 11 is 0. The molecule has 4 N–H and O–H groups in total. The van der Waals surface area contributed by atoms with Crippen LogP contribution in [0.4, 0.5) is 5.69 Å². The van der Waals surface area contributed by atoms with Gasteiger partial charge in [-0.1, -0.05) is 0 Å². The van der Waals surface area contributed by atoms with Crippen LogP contribution in [0.15, 0.2) is 17.3 Å². The van der Waals surface area contributed by atoms with Crippen LogP contribution in [-0.4, -0.2) is 37.8 Å². The Morgan fingerprint density at radius 1 is 1.38 bits per heavy atom. The molecule has 134 valence electrons. The Balaban J connectivity index is 2.58. The maximum atomic E-state index is 11.6. The third-order valence-electron chi connectivity index (χ3n) is 3.37. The van der Waals surface area contributed by atoms with E-state index < -0.39 is 6.10 Å². The average Bonchev–Trinajstić information content (AvgIpc) is 2.58. The summed E-state index contributed by atoms with van der Waals surface area (Å²) in [6, 6.07) is 2.95. The second-order valence-corrected chi connectivity index (χ2v) is 5.27. The molecule has 1 atom stereocenters. The predicted molar refractivity (Wildman–Crippen MR) is 90.5 cm³/mol. The molecule has 1 aromatic carbocycles. The number of nitroso groups, excluding NO2 is 1. The normalized spacial score (nSPS) is 11.7. The Kier molecular flexibility index (Phi) is 8.74. The minimum absolute atomic E-state index is 0.0567. The van der Waals surface area contributed by atoms with Gasteiger partial charge in [0.2, 0.25) is 5.91 Å². The topological polar surface area (TPSA) is 123 Å². The number of methoxy groups -OCH3 is 1. The Morgan fingerprint density at radius 3 is 2.71 bits per heavy atom. The van der Waals surface area contributed by atoms with Crippen molar-refractivity contribution in [1.29, 1.82) is 0 Å². The predicted octanol–water partition coefficient (Wildman–Crippen LogP) is 1.77. The van der Waals surface area contributed by atoms with Crippen LogP contribution in [0.3, 0.4) is 0 Å². The van der Waals surface area contributed by atoms with Crippen LogP contribution in [0.1, 0.15) is 37.9 Å². The van der Waals surface area contributed by atoms with Gasteiger partial charge in [0.05, 0.1) is 19.8 Å². The summed E-state index contributed by atoms with van der Waals surface area (Å²) in [7, 11) is 1.47. The van der Waals surface area contributed by atoms with E-state index in [2.05, 4.69) is 10.5 Å². The number of nitrogens with zero attached hydrogens (tertiary/aromatic N) is 1. The highest BCUT2D eigenvalue weighted by molar-refractivity contribution is 5.75. The van der Waals surface area contributed by atoms with E-state index in [4.69, 9.17) is 15.2 Å². The Morgan fingerprint density at radius 2 is 2.12 bits per heavy atom. The molecule has 0 saturated heterocycles. The molecule has 0 bridgehead atoms. The van der Waals surface area contributed by atoms with Crippen LogP contribution in [0.25, 0.3) is 0 Å². The first-order valence-corrected chi connectivity index (χ1v) is 7.86. The number of rotatable bonds is 11. The number of benzene rings is 1. The Labute approximate surface area is 141 Å². The number of carbonyl (C=O) groups is 1. The molecule has 0 aromatic heterocycles. The van der Waals surface area contributed by atoms with E-state index in [1.165, 1.54) is 26.2 Å². The van der Waals surface area contributed by atoms with Crippen molar-refractivity contribution in [1.82, 2.24) is 5.32 Å². The zero-order valence-electron chi connectivity index (χ0n) is 14.1. The number of aliphatic hydroxyl groups excluding tert-OH is 1.